The van der Waals surface area contributed by atoms with Crippen LogP contribution in [0, 0.1) is 5.92 Å². The van der Waals surface area contributed by atoms with Crippen molar-refractivity contribution < 1.29 is 57.5 Å². The number of primary amides is 1. The van der Waals surface area contributed by atoms with Crippen molar-refractivity contribution in [2.24, 2.45) is 11.7 Å². The number of benzene rings is 1. The maximum absolute atomic E-state index is 13.5. The standard InChI is InChI=1S/C41H64N10O12/c1-26(2)38(40(61)45-31(12-11-19-43-41(42)62)39(60)44-30-17-15-29(16-18-30)25-63-28(4)53)46-32(54)13-10-14-33(55)48(6)21-35(57)50(8)23-37(59)51(9)24-36(58)49(7)22-34(56)47(5)20-27(3)52/h15-18,26,31,38H,10-14,19-25H2,1-9H3,(H,44,60)(H,45,61)(H,46,54)(H3,42,43,62)/t31-,38-/m0/s1. The van der Waals surface area contributed by atoms with Gasteiger partial charge in [-0.05, 0) is 49.8 Å². The number of ketones is 1. The molecular formula is C41H64N10O12. The highest BCUT2D eigenvalue weighted by atomic mass is 16.5. The minimum Gasteiger partial charge on any atom is -0.461 e. The summed E-state index contributed by atoms with van der Waals surface area (Å²) in [7, 11) is 6.94. The average molecular weight is 889 g/mol. The molecule has 0 aliphatic rings. The van der Waals surface area contributed by atoms with Gasteiger partial charge in [0, 0.05) is 67.2 Å². The second-order valence-corrected chi connectivity index (χ2v) is 15.6. The van der Waals surface area contributed by atoms with Crippen molar-refractivity contribution >= 4 is 70.7 Å². The number of ether oxygens (including phenoxy) is 1. The number of nitrogens with two attached hydrogens (primary N) is 1. The number of nitrogens with one attached hydrogen (secondary N) is 4. The van der Waals surface area contributed by atoms with Crippen molar-refractivity contribution in [3.8, 4) is 0 Å². The molecule has 0 saturated heterocycles. The van der Waals surface area contributed by atoms with E-state index in [9.17, 15) is 52.7 Å². The highest BCUT2D eigenvalue weighted by molar-refractivity contribution is 5.98. The number of anilines is 1. The van der Waals surface area contributed by atoms with Gasteiger partial charge in [-0.2, -0.15) is 0 Å². The maximum Gasteiger partial charge on any atom is 0.312 e. The molecule has 0 aliphatic carbocycles. The Morgan fingerprint density at radius 1 is 0.619 bits per heavy atom. The van der Waals surface area contributed by atoms with Crippen LogP contribution >= 0.6 is 0 Å². The summed E-state index contributed by atoms with van der Waals surface area (Å²) < 4.78 is 4.97. The van der Waals surface area contributed by atoms with E-state index in [-0.39, 0.29) is 77.2 Å². The minimum absolute atomic E-state index is 0.0532. The number of urea groups is 1. The third-order valence-electron chi connectivity index (χ3n) is 9.40. The average Bonchev–Trinajstić information content (AvgIpc) is 3.19. The normalized spacial score (nSPS) is 11.5. The van der Waals surface area contributed by atoms with Gasteiger partial charge in [0.1, 0.15) is 24.5 Å². The molecule has 1 rings (SSSR count). The molecule has 0 saturated carbocycles. The highest BCUT2D eigenvalue weighted by Gasteiger charge is 2.29. The first-order chi connectivity index (χ1) is 29.4. The Morgan fingerprint density at radius 3 is 1.54 bits per heavy atom. The lowest BCUT2D eigenvalue weighted by Crippen LogP contribution is -2.54. The van der Waals surface area contributed by atoms with Crippen molar-refractivity contribution in [2.45, 2.75) is 78.5 Å². The molecule has 0 fully saturated rings. The summed E-state index contributed by atoms with van der Waals surface area (Å²) in [5.41, 5.74) is 6.24. The number of likely N-dealkylation sites (N-methyl/N-ethyl adjacent to an activating group) is 5. The van der Waals surface area contributed by atoms with Gasteiger partial charge in [0.15, 0.2) is 0 Å². The summed E-state index contributed by atoms with van der Waals surface area (Å²) in [6, 6.07) is 3.64. The van der Waals surface area contributed by atoms with Crippen molar-refractivity contribution in [1.82, 2.24) is 40.4 Å². The first-order valence-electron chi connectivity index (χ1n) is 20.3. The van der Waals surface area contributed by atoms with Crippen LogP contribution in [0.25, 0.3) is 0 Å². The molecule has 6 N–H and O–H groups in total. The molecule has 63 heavy (non-hydrogen) atoms. The van der Waals surface area contributed by atoms with Gasteiger partial charge in [-0.25, -0.2) is 4.79 Å². The Morgan fingerprint density at radius 2 is 1.10 bits per heavy atom. The lowest BCUT2D eigenvalue weighted by atomic mass is 10.0. The molecular weight excluding hydrogens is 825 g/mol. The van der Waals surface area contributed by atoms with Crippen LogP contribution in [-0.2, 0) is 59.3 Å². The third kappa shape index (κ3) is 21.7. The van der Waals surface area contributed by atoms with Gasteiger partial charge in [-0.3, -0.25) is 47.9 Å². The summed E-state index contributed by atoms with van der Waals surface area (Å²) in [6.07, 6.45) is 0.202. The highest BCUT2D eigenvalue weighted by Crippen LogP contribution is 2.13. The maximum atomic E-state index is 13.5. The van der Waals surface area contributed by atoms with Gasteiger partial charge in [0.25, 0.3) is 0 Å². The molecule has 1 aromatic carbocycles. The van der Waals surface area contributed by atoms with E-state index in [2.05, 4.69) is 21.3 Å². The van der Waals surface area contributed by atoms with Crippen LogP contribution in [-0.4, -0.2) is 176 Å². The molecule has 0 spiro atoms. The van der Waals surface area contributed by atoms with E-state index in [1.54, 1.807) is 38.1 Å². The summed E-state index contributed by atoms with van der Waals surface area (Å²) in [5.74, 6) is -5.39. The Bertz CT molecular complexity index is 1810. The number of esters is 1. The predicted molar refractivity (Wildman–Crippen MR) is 229 cm³/mol. The van der Waals surface area contributed by atoms with Crippen molar-refractivity contribution in [3.05, 3.63) is 29.8 Å². The fourth-order valence-electron chi connectivity index (χ4n) is 5.59. The molecule has 22 heteroatoms. The van der Waals surface area contributed by atoms with E-state index < -0.39 is 83.8 Å². The number of Topliss-reactive ketones (excluding diaryl/α,β-unsaturated/α-hetero) is 1. The second kappa shape index (κ2) is 27.4. The van der Waals surface area contributed by atoms with Crippen LogP contribution in [0.5, 0.6) is 0 Å². The van der Waals surface area contributed by atoms with E-state index in [0.29, 0.717) is 11.3 Å². The molecule has 22 nitrogen and oxygen atoms in total. The van der Waals surface area contributed by atoms with Crippen molar-refractivity contribution in [2.75, 3.05) is 79.8 Å². The van der Waals surface area contributed by atoms with Gasteiger partial charge in [-0.1, -0.05) is 26.0 Å². The lowest BCUT2D eigenvalue weighted by Gasteiger charge is -2.26. The quantitative estimate of drug-likeness (QED) is 0.0543. The van der Waals surface area contributed by atoms with Crippen LogP contribution in [0.15, 0.2) is 24.3 Å². The Kier molecular flexibility index (Phi) is 23.6. The molecule has 0 heterocycles. The SMILES string of the molecule is CC(=O)CN(C)C(=O)CN(C)C(=O)CN(C)C(=O)CN(C)C(=O)CN(C)C(=O)CCCC(=O)N[C@H](C(=O)N[C@@H](CCCNC(N)=O)C(=O)Nc1ccc(COC(C)=O)cc1)C(C)C. The summed E-state index contributed by atoms with van der Waals surface area (Å²) in [6.45, 7) is 4.67. The fraction of sp³-hybridized carbons (Fsp3) is 0.585. The summed E-state index contributed by atoms with van der Waals surface area (Å²) in [5, 5.41) is 10.5. The fourth-order valence-corrected chi connectivity index (χ4v) is 5.59. The van der Waals surface area contributed by atoms with Gasteiger partial charge in [0.2, 0.25) is 47.3 Å². The van der Waals surface area contributed by atoms with Gasteiger partial charge >= 0.3 is 12.0 Å². The molecule has 0 aliphatic heterocycles. The monoisotopic (exact) mass is 888 g/mol. The second-order valence-electron chi connectivity index (χ2n) is 15.6. The number of hydrogen-bond donors (Lipinski definition) is 5. The number of nitrogens with zero attached hydrogens (tertiary/aromatic N) is 5. The van der Waals surface area contributed by atoms with E-state index in [1.807, 2.05) is 0 Å². The Hall–Kier alpha value is -6.61. The molecule has 350 valence electrons. The van der Waals surface area contributed by atoms with Crippen molar-refractivity contribution in [3.63, 3.8) is 0 Å². The van der Waals surface area contributed by atoms with Crippen LogP contribution in [0.3, 0.4) is 0 Å². The number of amides is 10. The minimum atomic E-state index is -1.08. The number of hydrogen-bond acceptors (Lipinski definition) is 12. The molecule has 1 aromatic rings. The van der Waals surface area contributed by atoms with E-state index in [0.717, 1.165) is 19.6 Å². The summed E-state index contributed by atoms with van der Waals surface area (Å²) in [4.78, 5) is 142. The van der Waals surface area contributed by atoms with Gasteiger partial charge in [-0.15, -0.1) is 0 Å². The number of carbonyl (C=O) groups excluding carboxylic acids is 11. The van der Waals surface area contributed by atoms with Gasteiger partial charge in [0.05, 0.1) is 32.7 Å². The van der Waals surface area contributed by atoms with Crippen molar-refractivity contribution in [1.29, 1.82) is 0 Å². The zero-order valence-electron chi connectivity index (χ0n) is 37.7. The van der Waals surface area contributed by atoms with Crippen LogP contribution in [0.4, 0.5) is 10.5 Å². The zero-order valence-corrected chi connectivity index (χ0v) is 37.7. The molecule has 0 bridgehead atoms. The zero-order chi connectivity index (χ0) is 48.0. The molecule has 0 unspecified atom stereocenters. The van der Waals surface area contributed by atoms with Gasteiger partial charge < -0.3 is 56.2 Å². The molecule has 0 aromatic heterocycles. The first-order valence-corrected chi connectivity index (χ1v) is 20.3. The summed E-state index contributed by atoms with van der Waals surface area (Å²) >= 11 is 0. The molecule has 10 amide bonds. The van der Waals surface area contributed by atoms with Crippen LogP contribution < -0.4 is 27.0 Å². The number of rotatable bonds is 26. The molecule has 0 radical (unpaired) electrons. The lowest BCUT2D eigenvalue weighted by molar-refractivity contribution is -0.145. The Balaban J connectivity index is 2.71. The van der Waals surface area contributed by atoms with Crippen LogP contribution in [0.1, 0.15) is 65.4 Å². The number of carbonyl (C=O) groups is 11. The Labute approximate surface area is 367 Å². The largest absolute Gasteiger partial charge is 0.461 e. The first kappa shape index (κ1) is 54.4. The predicted octanol–water partition coefficient (Wildman–Crippen LogP) is -1.19. The topological polar surface area (TPSA) is 287 Å². The van der Waals surface area contributed by atoms with E-state index >= 15 is 0 Å². The van der Waals surface area contributed by atoms with E-state index in [4.69, 9.17) is 10.5 Å². The van der Waals surface area contributed by atoms with E-state index in [1.165, 1.54) is 54.0 Å². The van der Waals surface area contributed by atoms with Crippen LogP contribution in [0.2, 0.25) is 0 Å². The molecule has 2 atom stereocenters. The smallest absolute Gasteiger partial charge is 0.312 e. The third-order valence-corrected chi connectivity index (χ3v) is 9.40.